The standard InChI is InChI=1S/C7H6Cl2FN/c8-5-1-4(7(10)11)2-6(9)3-5/h1-3,7H,11H2. The molecule has 0 fully saturated rings. The van der Waals surface area contributed by atoms with E-state index >= 15 is 0 Å². The Balaban J connectivity index is 3.08. The molecule has 0 aliphatic heterocycles. The van der Waals surface area contributed by atoms with Crippen LogP contribution in [-0.2, 0) is 0 Å². The van der Waals surface area contributed by atoms with Crippen molar-refractivity contribution in [3.05, 3.63) is 33.8 Å². The third-order valence-corrected chi connectivity index (χ3v) is 1.64. The van der Waals surface area contributed by atoms with Gasteiger partial charge in [0.05, 0.1) is 0 Å². The van der Waals surface area contributed by atoms with Gasteiger partial charge in [-0.15, -0.1) is 0 Å². The molecule has 0 bridgehead atoms. The van der Waals surface area contributed by atoms with Gasteiger partial charge in [0, 0.05) is 15.6 Å². The summed E-state index contributed by atoms with van der Waals surface area (Å²) in [5.74, 6) is 0. The summed E-state index contributed by atoms with van der Waals surface area (Å²) in [6, 6.07) is 4.41. The van der Waals surface area contributed by atoms with Crippen molar-refractivity contribution in [3.63, 3.8) is 0 Å². The lowest BCUT2D eigenvalue weighted by Gasteiger charge is -2.02. The molecule has 0 amide bonds. The zero-order valence-corrected chi connectivity index (χ0v) is 7.03. The van der Waals surface area contributed by atoms with Gasteiger partial charge in [0.15, 0.2) is 6.30 Å². The fourth-order valence-electron chi connectivity index (χ4n) is 0.734. The van der Waals surface area contributed by atoms with E-state index in [-0.39, 0.29) is 0 Å². The van der Waals surface area contributed by atoms with Crippen molar-refractivity contribution in [3.8, 4) is 0 Å². The van der Waals surface area contributed by atoms with Crippen molar-refractivity contribution in [1.29, 1.82) is 0 Å². The first-order valence-electron chi connectivity index (χ1n) is 2.95. The van der Waals surface area contributed by atoms with E-state index in [1.807, 2.05) is 0 Å². The van der Waals surface area contributed by atoms with E-state index in [1.54, 1.807) is 0 Å². The van der Waals surface area contributed by atoms with Gasteiger partial charge in [-0.3, -0.25) is 5.73 Å². The van der Waals surface area contributed by atoms with Crippen molar-refractivity contribution >= 4 is 23.2 Å². The first-order valence-corrected chi connectivity index (χ1v) is 3.71. The van der Waals surface area contributed by atoms with E-state index in [0.717, 1.165) is 0 Å². The topological polar surface area (TPSA) is 26.0 Å². The van der Waals surface area contributed by atoms with Gasteiger partial charge in [-0.2, -0.15) is 0 Å². The van der Waals surface area contributed by atoms with Gasteiger partial charge in [-0.05, 0) is 18.2 Å². The Morgan fingerprint density at radius 2 is 1.64 bits per heavy atom. The first kappa shape index (κ1) is 8.78. The van der Waals surface area contributed by atoms with Crippen molar-refractivity contribution in [2.45, 2.75) is 6.30 Å². The Morgan fingerprint density at radius 3 is 2.00 bits per heavy atom. The lowest BCUT2D eigenvalue weighted by molar-refractivity contribution is 0.356. The minimum atomic E-state index is -1.52. The molecule has 0 saturated heterocycles. The fourth-order valence-corrected chi connectivity index (χ4v) is 1.28. The molecule has 2 N–H and O–H groups in total. The molecule has 0 radical (unpaired) electrons. The molecule has 1 atom stereocenters. The van der Waals surface area contributed by atoms with Crippen LogP contribution in [0.1, 0.15) is 11.9 Å². The molecule has 60 valence electrons. The molecule has 0 spiro atoms. The zero-order valence-electron chi connectivity index (χ0n) is 5.52. The quantitative estimate of drug-likeness (QED) is 0.683. The molecule has 1 unspecified atom stereocenters. The molecule has 0 aliphatic rings. The second-order valence-electron chi connectivity index (χ2n) is 2.10. The Labute approximate surface area is 73.9 Å². The average molecular weight is 194 g/mol. The van der Waals surface area contributed by atoms with E-state index in [2.05, 4.69) is 0 Å². The lowest BCUT2D eigenvalue weighted by Crippen LogP contribution is -2.02. The molecular weight excluding hydrogens is 188 g/mol. The highest BCUT2D eigenvalue weighted by Gasteiger charge is 2.04. The number of halogens is 3. The predicted octanol–water partition coefficient (Wildman–Crippen LogP) is 2.92. The second-order valence-corrected chi connectivity index (χ2v) is 2.98. The maximum atomic E-state index is 12.5. The molecule has 0 aliphatic carbocycles. The average Bonchev–Trinajstić information content (AvgIpc) is 1.85. The Morgan fingerprint density at radius 1 is 1.18 bits per heavy atom. The number of benzene rings is 1. The van der Waals surface area contributed by atoms with Gasteiger partial charge >= 0.3 is 0 Å². The summed E-state index contributed by atoms with van der Waals surface area (Å²) in [6.45, 7) is 0. The highest BCUT2D eigenvalue weighted by molar-refractivity contribution is 6.34. The van der Waals surface area contributed by atoms with Crippen LogP contribution in [0.15, 0.2) is 18.2 Å². The van der Waals surface area contributed by atoms with Gasteiger partial charge in [0.1, 0.15) is 0 Å². The minimum Gasteiger partial charge on any atom is -0.298 e. The smallest absolute Gasteiger partial charge is 0.174 e. The van der Waals surface area contributed by atoms with Crippen LogP contribution in [0.5, 0.6) is 0 Å². The van der Waals surface area contributed by atoms with Crippen LogP contribution < -0.4 is 5.73 Å². The van der Waals surface area contributed by atoms with Gasteiger partial charge in [0.2, 0.25) is 0 Å². The number of nitrogens with two attached hydrogens (primary N) is 1. The molecule has 1 nitrogen and oxygen atoms in total. The van der Waals surface area contributed by atoms with Gasteiger partial charge in [-0.1, -0.05) is 23.2 Å². The Hall–Kier alpha value is -0.310. The summed E-state index contributed by atoms with van der Waals surface area (Å²) < 4.78 is 12.5. The van der Waals surface area contributed by atoms with E-state index < -0.39 is 6.30 Å². The van der Waals surface area contributed by atoms with Crippen LogP contribution in [-0.4, -0.2) is 0 Å². The molecule has 4 heteroatoms. The van der Waals surface area contributed by atoms with Crippen LogP contribution >= 0.6 is 23.2 Å². The maximum Gasteiger partial charge on any atom is 0.174 e. The number of alkyl halides is 1. The van der Waals surface area contributed by atoms with Crippen LogP contribution in [0.25, 0.3) is 0 Å². The summed E-state index contributed by atoms with van der Waals surface area (Å²) in [4.78, 5) is 0. The molecule has 1 aromatic rings. The molecule has 11 heavy (non-hydrogen) atoms. The van der Waals surface area contributed by atoms with Crippen molar-refractivity contribution in [2.75, 3.05) is 0 Å². The fraction of sp³-hybridized carbons (Fsp3) is 0.143. The Kier molecular flexibility index (Phi) is 2.71. The van der Waals surface area contributed by atoms with E-state index in [1.165, 1.54) is 18.2 Å². The lowest BCUT2D eigenvalue weighted by atomic mass is 10.2. The maximum absolute atomic E-state index is 12.5. The van der Waals surface area contributed by atoms with Crippen molar-refractivity contribution < 1.29 is 4.39 Å². The number of rotatable bonds is 1. The summed E-state index contributed by atoms with van der Waals surface area (Å²) in [7, 11) is 0. The summed E-state index contributed by atoms with van der Waals surface area (Å²) in [6.07, 6.45) is -1.52. The highest BCUT2D eigenvalue weighted by Crippen LogP contribution is 2.22. The number of hydrogen-bond acceptors (Lipinski definition) is 1. The van der Waals surface area contributed by atoms with E-state index in [0.29, 0.717) is 15.6 Å². The third-order valence-electron chi connectivity index (χ3n) is 1.20. The highest BCUT2D eigenvalue weighted by atomic mass is 35.5. The third kappa shape index (κ3) is 2.33. The SMILES string of the molecule is NC(F)c1cc(Cl)cc(Cl)c1. The van der Waals surface area contributed by atoms with Crippen molar-refractivity contribution in [2.24, 2.45) is 5.73 Å². The molecule has 0 heterocycles. The summed E-state index contributed by atoms with van der Waals surface area (Å²) in [5, 5.41) is 0.779. The molecule has 0 saturated carbocycles. The van der Waals surface area contributed by atoms with Crippen LogP contribution in [0, 0.1) is 0 Å². The number of hydrogen-bond donors (Lipinski definition) is 1. The van der Waals surface area contributed by atoms with Gasteiger partial charge < -0.3 is 0 Å². The first-order chi connectivity index (χ1) is 5.09. The second kappa shape index (κ2) is 3.39. The van der Waals surface area contributed by atoms with Crippen molar-refractivity contribution in [1.82, 2.24) is 0 Å². The van der Waals surface area contributed by atoms with Gasteiger partial charge in [0.25, 0.3) is 0 Å². The minimum absolute atomic E-state index is 0.294. The predicted molar refractivity (Wildman–Crippen MR) is 44.5 cm³/mol. The van der Waals surface area contributed by atoms with Gasteiger partial charge in [-0.25, -0.2) is 4.39 Å². The Bertz CT molecular complexity index is 242. The largest absolute Gasteiger partial charge is 0.298 e. The van der Waals surface area contributed by atoms with E-state index in [9.17, 15) is 4.39 Å². The van der Waals surface area contributed by atoms with Crippen LogP contribution in [0.3, 0.4) is 0 Å². The molecular formula is C7H6Cl2FN. The van der Waals surface area contributed by atoms with Crippen LogP contribution in [0.4, 0.5) is 4.39 Å². The molecule has 1 rings (SSSR count). The monoisotopic (exact) mass is 193 g/mol. The van der Waals surface area contributed by atoms with E-state index in [4.69, 9.17) is 28.9 Å². The molecule has 0 aromatic heterocycles. The molecule has 1 aromatic carbocycles. The zero-order chi connectivity index (χ0) is 8.43. The van der Waals surface area contributed by atoms with Crippen LogP contribution in [0.2, 0.25) is 10.0 Å². The summed E-state index contributed by atoms with van der Waals surface area (Å²) >= 11 is 11.2. The normalized spacial score (nSPS) is 13.1. The summed E-state index contributed by atoms with van der Waals surface area (Å²) in [5.41, 5.74) is 5.26.